The predicted molar refractivity (Wildman–Crippen MR) is 125 cm³/mol. The van der Waals surface area contributed by atoms with Crippen molar-refractivity contribution in [1.29, 1.82) is 0 Å². The minimum absolute atomic E-state index is 0.0516. The van der Waals surface area contributed by atoms with E-state index < -0.39 is 18.2 Å². The van der Waals surface area contributed by atoms with Crippen molar-refractivity contribution >= 4 is 69.8 Å². The summed E-state index contributed by atoms with van der Waals surface area (Å²) in [7, 11) is 0. The number of nitrogens with one attached hydrogen (secondary N) is 1. The van der Waals surface area contributed by atoms with Crippen molar-refractivity contribution in [3.63, 3.8) is 0 Å². The zero-order valence-corrected chi connectivity index (χ0v) is 20.5. The van der Waals surface area contributed by atoms with E-state index in [4.69, 9.17) is 51.2 Å². The molecule has 0 radical (unpaired) electrons. The number of rotatable bonds is 6. The Hall–Kier alpha value is -1.32. The van der Waals surface area contributed by atoms with E-state index in [0.29, 0.717) is 15.5 Å². The van der Waals surface area contributed by atoms with Crippen molar-refractivity contribution in [2.45, 2.75) is 42.0 Å². The maximum atomic E-state index is 14.2. The fourth-order valence-corrected chi connectivity index (χ4v) is 4.96. The molecule has 33 heavy (non-hydrogen) atoms. The second kappa shape index (κ2) is 9.38. The van der Waals surface area contributed by atoms with Crippen molar-refractivity contribution in [2.24, 2.45) is 5.16 Å². The third kappa shape index (κ3) is 5.20. The standard InChI is InChI=1S/C21H15Cl4F3N2O2S/c22-13-5-10(1-4-17(13)33-9-18(31)29-12-2-3-12)16-8-20(32-30-16,21(26,27)28)11-6-14(23)19(25)15(24)7-11/h1,4-7,12H,2-3,8-9H2,(H,29,31). The molecule has 0 aromatic heterocycles. The minimum atomic E-state index is -4.83. The van der Waals surface area contributed by atoms with E-state index in [1.807, 2.05) is 0 Å². The van der Waals surface area contributed by atoms with Gasteiger partial charge in [-0.25, -0.2) is 0 Å². The highest BCUT2D eigenvalue weighted by molar-refractivity contribution is 8.00. The van der Waals surface area contributed by atoms with Gasteiger partial charge < -0.3 is 10.2 Å². The van der Waals surface area contributed by atoms with E-state index in [0.717, 1.165) is 25.0 Å². The fraction of sp³-hybridized carbons (Fsp3) is 0.333. The van der Waals surface area contributed by atoms with Gasteiger partial charge in [-0.2, -0.15) is 13.2 Å². The molecule has 1 unspecified atom stereocenters. The second-order valence-corrected chi connectivity index (χ2v) is 10.3. The lowest BCUT2D eigenvalue weighted by Crippen LogP contribution is -2.42. The molecule has 2 aliphatic rings. The van der Waals surface area contributed by atoms with E-state index in [-0.39, 0.29) is 44.0 Å². The quantitative estimate of drug-likeness (QED) is 0.300. The van der Waals surface area contributed by atoms with Gasteiger partial charge in [-0.15, -0.1) is 11.8 Å². The molecular weight excluding hydrogens is 543 g/mol. The molecule has 1 amide bonds. The smallest absolute Gasteiger partial charge is 0.374 e. The SMILES string of the molecule is O=C(CSc1ccc(C2=NOC(c3cc(Cl)c(Cl)c(Cl)c3)(C(F)(F)F)C2)cc1Cl)NC1CC1. The third-order valence-electron chi connectivity index (χ3n) is 5.20. The van der Waals surface area contributed by atoms with Gasteiger partial charge in [0.1, 0.15) is 0 Å². The van der Waals surface area contributed by atoms with Crippen LogP contribution in [0.2, 0.25) is 20.1 Å². The Bertz CT molecular complexity index is 1120. The molecule has 176 valence electrons. The van der Waals surface area contributed by atoms with Crippen molar-refractivity contribution in [1.82, 2.24) is 5.32 Å². The van der Waals surface area contributed by atoms with Crippen LogP contribution in [0.5, 0.6) is 0 Å². The van der Waals surface area contributed by atoms with Crippen molar-refractivity contribution in [3.8, 4) is 0 Å². The van der Waals surface area contributed by atoms with Gasteiger partial charge in [0.15, 0.2) is 0 Å². The topological polar surface area (TPSA) is 50.7 Å². The van der Waals surface area contributed by atoms with E-state index >= 15 is 0 Å². The maximum Gasteiger partial charge on any atom is 0.435 e. The number of nitrogens with zero attached hydrogens (tertiary/aromatic N) is 1. The molecule has 2 aromatic rings. The first kappa shape index (κ1) is 24.8. The van der Waals surface area contributed by atoms with Gasteiger partial charge in [0, 0.05) is 28.5 Å². The number of amides is 1. The lowest BCUT2D eigenvalue weighted by molar-refractivity contribution is -0.275. The summed E-state index contributed by atoms with van der Waals surface area (Å²) in [5.41, 5.74) is -2.67. The van der Waals surface area contributed by atoms with Gasteiger partial charge in [-0.1, -0.05) is 57.6 Å². The molecule has 1 saturated carbocycles. The summed E-state index contributed by atoms with van der Waals surface area (Å²) in [5, 5.41) is 6.58. The first-order valence-corrected chi connectivity index (χ1v) is 12.2. The molecule has 0 saturated heterocycles. The highest BCUT2D eigenvalue weighted by atomic mass is 35.5. The number of benzene rings is 2. The number of hydrogen-bond donors (Lipinski definition) is 1. The summed E-state index contributed by atoms with van der Waals surface area (Å²) in [4.78, 5) is 17.5. The van der Waals surface area contributed by atoms with Crippen molar-refractivity contribution in [3.05, 3.63) is 61.5 Å². The van der Waals surface area contributed by atoms with Crippen LogP contribution in [-0.4, -0.2) is 29.6 Å². The Balaban J connectivity index is 1.54. The highest BCUT2D eigenvalue weighted by Gasteiger charge is 2.62. The number of oxime groups is 1. The van der Waals surface area contributed by atoms with Crippen LogP contribution >= 0.6 is 58.2 Å². The Kier molecular flexibility index (Phi) is 7.05. The van der Waals surface area contributed by atoms with E-state index in [1.54, 1.807) is 12.1 Å². The Morgan fingerprint density at radius 3 is 2.36 bits per heavy atom. The molecule has 4 nitrogen and oxygen atoms in total. The van der Waals surface area contributed by atoms with Gasteiger partial charge in [0.25, 0.3) is 5.60 Å². The van der Waals surface area contributed by atoms with Gasteiger partial charge >= 0.3 is 6.18 Å². The average molecular weight is 558 g/mol. The normalized spacial score (nSPS) is 20.4. The zero-order chi connectivity index (χ0) is 24.0. The Morgan fingerprint density at radius 1 is 1.12 bits per heavy atom. The summed E-state index contributed by atoms with van der Waals surface area (Å²) < 4.78 is 42.6. The van der Waals surface area contributed by atoms with Gasteiger partial charge in [0.05, 0.1) is 31.6 Å². The molecule has 0 bridgehead atoms. The van der Waals surface area contributed by atoms with Crippen LogP contribution in [0.4, 0.5) is 13.2 Å². The Morgan fingerprint density at radius 2 is 1.79 bits per heavy atom. The summed E-state index contributed by atoms with van der Waals surface area (Å²) in [6, 6.07) is 7.12. The molecule has 1 fully saturated rings. The summed E-state index contributed by atoms with van der Waals surface area (Å²) in [6.45, 7) is 0. The molecule has 1 heterocycles. The molecule has 1 N–H and O–H groups in total. The van der Waals surface area contributed by atoms with Crippen molar-refractivity contribution < 1.29 is 22.8 Å². The van der Waals surface area contributed by atoms with Crippen LogP contribution < -0.4 is 5.32 Å². The average Bonchev–Trinajstić information content (AvgIpc) is 3.42. The van der Waals surface area contributed by atoms with Gasteiger partial charge in [-0.3, -0.25) is 4.79 Å². The van der Waals surface area contributed by atoms with Crippen LogP contribution in [0.1, 0.15) is 30.4 Å². The van der Waals surface area contributed by atoms with Crippen molar-refractivity contribution in [2.75, 3.05) is 5.75 Å². The second-order valence-electron chi connectivity index (χ2n) is 7.66. The first-order valence-electron chi connectivity index (χ1n) is 9.69. The molecule has 1 atom stereocenters. The molecule has 12 heteroatoms. The Labute approximate surface area is 211 Å². The number of halogens is 7. The summed E-state index contributed by atoms with van der Waals surface area (Å²) in [6.07, 6.45) is -3.46. The first-order chi connectivity index (χ1) is 15.5. The maximum absolute atomic E-state index is 14.2. The van der Waals surface area contributed by atoms with E-state index in [2.05, 4.69) is 10.5 Å². The zero-order valence-electron chi connectivity index (χ0n) is 16.6. The molecular formula is C21H15Cl4F3N2O2S. The monoisotopic (exact) mass is 556 g/mol. The van der Waals surface area contributed by atoms with Crippen LogP contribution in [0.25, 0.3) is 0 Å². The van der Waals surface area contributed by atoms with Crippen LogP contribution in [0, 0.1) is 0 Å². The van der Waals surface area contributed by atoms with Gasteiger partial charge in [0.2, 0.25) is 5.91 Å². The number of carbonyl (C=O) groups excluding carboxylic acids is 1. The lowest BCUT2D eigenvalue weighted by atomic mass is 9.86. The number of hydrogen-bond acceptors (Lipinski definition) is 4. The number of thioether (sulfide) groups is 1. The molecule has 2 aromatic carbocycles. The van der Waals surface area contributed by atoms with Crippen LogP contribution in [-0.2, 0) is 15.2 Å². The van der Waals surface area contributed by atoms with Crippen LogP contribution in [0.15, 0.2) is 40.4 Å². The molecule has 0 spiro atoms. The minimum Gasteiger partial charge on any atom is -0.374 e. The molecule has 1 aliphatic heterocycles. The molecule has 4 rings (SSSR count). The fourth-order valence-electron chi connectivity index (χ4n) is 3.28. The number of carbonyl (C=O) groups is 1. The predicted octanol–water partition coefficient (Wildman–Crippen LogP) is 7.25. The third-order valence-corrected chi connectivity index (χ3v) is 7.90. The van der Waals surface area contributed by atoms with E-state index in [1.165, 1.54) is 17.8 Å². The highest BCUT2D eigenvalue weighted by Crippen LogP contribution is 2.50. The van der Waals surface area contributed by atoms with Crippen LogP contribution in [0.3, 0.4) is 0 Å². The molecule has 1 aliphatic carbocycles. The summed E-state index contributed by atoms with van der Waals surface area (Å²) in [5.74, 6) is 0.0981. The van der Waals surface area contributed by atoms with Gasteiger partial charge in [-0.05, 0) is 37.1 Å². The summed E-state index contributed by atoms with van der Waals surface area (Å²) >= 11 is 25.4. The number of alkyl halides is 3. The van der Waals surface area contributed by atoms with E-state index in [9.17, 15) is 18.0 Å². The largest absolute Gasteiger partial charge is 0.435 e. The lowest BCUT2D eigenvalue weighted by Gasteiger charge is -2.30.